The highest BCUT2D eigenvalue weighted by molar-refractivity contribution is 5.03. The molecule has 0 aliphatic heterocycles. The molecule has 0 radical (unpaired) electrons. The highest BCUT2D eigenvalue weighted by atomic mass is 16.5. The molecule has 0 unspecified atom stereocenters. The van der Waals surface area contributed by atoms with Gasteiger partial charge in [-0.25, -0.2) is 0 Å². The Kier molecular flexibility index (Phi) is 6.07. The quantitative estimate of drug-likeness (QED) is 0.680. The van der Waals surface area contributed by atoms with Gasteiger partial charge in [0.15, 0.2) is 5.76 Å². The number of ether oxygens (including phenoxy) is 2. The molecule has 1 aromatic heterocycles. The van der Waals surface area contributed by atoms with Crippen molar-refractivity contribution in [1.29, 1.82) is 0 Å². The number of aromatic nitrogens is 1. The standard InChI is InChI=1S/C11H20N2O3/c1-9(2)12-4-5-15-7-10-6-11(8-14-3)16-13-10/h6,9,12H,4-5,7-8H2,1-3H3. The zero-order valence-corrected chi connectivity index (χ0v) is 10.2. The lowest BCUT2D eigenvalue weighted by Gasteiger charge is -2.07. The molecule has 0 spiro atoms. The van der Waals surface area contributed by atoms with Crippen LogP contribution in [0.1, 0.15) is 25.3 Å². The van der Waals surface area contributed by atoms with Crippen LogP contribution in [-0.4, -0.2) is 31.5 Å². The smallest absolute Gasteiger partial charge is 0.162 e. The van der Waals surface area contributed by atoms with E-state index in [9.17, 15) is 0 Å². The number of nitrogens with zero attached hydrogens (tertiary/aromatic N) is 1. The van der Waals surface area contributed by atoms with Gasteiger partial charge in [-0.3, -0.25) is 0 Å². The molecule has 16 heavy (non-hydrogen) atoms. The fourth-order valence-corrected chi connectivity index (χ4v) is 1.23. The van der Waals surface area contributed by atoms with Gasteiger partial charge in [0.1, 0.15) is 12.3 Å². The maximum Gasteiger partial charge on any atom is 0.162 e. The van der Waals surface area contributed by atoms with Crippen molar-refractivity contribution < 1.29 is 14.0 Å². The van der Waals surface area contributed by atoms with Gasteiger partial charge in [0, 0.05) is 25.8 Å². The van der Waals surface area contributed by atoms with Crippen LogP contribution in [0.15, 0.2) is 10.6 Å². The number of rotatable bonds is 8. The van der Waals surface area contributed by atoms with E-state index < -0.39 is 0 Å². The zero-order chi connectivity index (χ0) is 11.8. The van der Waals surface area contributed by atoms with Crippen molar-refractivity contribution in [2.24, 2.45) is 0 Å². The molecule has 0 amide bonds. The summed E-state index contributed by atoms with van der Waals surface area (Å²) in [5.74, 6) is 0.724. The SMILES string of the molecule is COCc1cc(COCCNC(C)C)no1. The van der Waals surface area contributed by atoms with Crippen LogP contribution < -0.4 is 5.32 Å². The average Bonchev–Trinajstić information content (AvgIpc) is 2.65. The van der Waals surface area contributed by atoms with Gasteiger partial charge < -0.3 is 19.3 Å². The predicted molar refractivity (Wildman–Crippen MR) is 60.0 cm³/mol. The van der Waals surface area contributed by atoms with Gasteiger partial charge in [0.05, 0.1) is 13.2 Å². The van der Waals surface area contributed by atoms with Crippen LogP contribution in [0.25, 0.3) is 0 Å². The molecule has 1 rings (SSSR count). The molecule has 0 saturated carbocycles. The minimum absolute atomic E-state index is 0.446. The number of nitrogens with one attached hydrogen (secondary N) is 1. The second-order valence-corrected chi connectivity index (χ2v) is 3.88. The molecule has 0 aliphatic rings. The monoisotopic (exact) mass is 228 g/mol. The van der Waals surface area contributed by atoms with Crippen LogP contribution in [0, 0.1) is 0 Å². The normalized spacial score (nSPS) is 11.2. The van der Waals surface area contributed by atoms with E-state index in [4.69, 9.17) is 14.0 Å². The molecular weight excluding hydrogens is 208 g/mol. The van der Waals surface area contributed by atoms with Crippen molar-refractivity contribution in [3.05, 3.63) is 17.5 Å². The fourth-order valence-electron chi connectivity index (χ4n) is 1.23. The van der Waals surface area contributed by atoms with Gasteiger partial charge in [-0.15, -0.1) is 0 Å². The second kappa shape index (κ2) is 7.38. The lowest BCUT2D eigenvalue weighted by Crippen LogP contribution is -2.26. The molecular formula is C11H20N2O3. The molecule has 1 aromatic rings. The van der Waals surface area contributed by atoms with E-state index in [2.05, 4.69) is 24.3 Å². The van der Waals surface area contributed by atoms with Crippen LogP contribution in [0.4, 0.5) is 0 Å². The first-order valence-corrected chi connectivity index (χ1v) is 5.47. The van der Waals surface area contributed by atoms with Crippen LogP contribution in [0.5, 0.6) is 0 Å². The summed E-state index contributed by atoms with van der Waals surface area (Å²) < 4.78 is 15.4. The van der Waals surface area contributed by atoms with Crippen LogP contribution in [-0.2, 0) is 22.7 Å². The maximum atomic E-state index is 5.44. The third-order valence-corrected chi connectivity index (χ3v) is 1.94. The van der Waals surface area contributed by atoms with E-state index in [1.165, 1.54) is 0 Å². The van der Waals surface area contributed by atoms with Crippen molar-refractivity contribution in [3.8, 4) is 0 Å². The maximum absolute atomic E-state index is 5.44. The zero-order valence-electron chi connectivity index (χ0n) is 10.2. The Balaban J connectivity index is 2.12. The lowest BCUT2D eigenvalue weighted by atomic mass is 10.4. The summed E-state index contributed by atoms with van der Waals surface area (Å²) in [5, 5.41) is 7.14. The molecule has 5 nitrogen and oxygen atoms in total. The molecule has 5 heteroatoms. The molecule has 0 aliphatic carbocycles. The van der Waals surface area contributed by atoms with Crippen molar-refractivity contribution in [1.82, 2.24) is 10.5 Å². The lowest BCUT2D eigenvalue weighted by molar-refractivity contribution is 0.115. The van der Waals surface area contributed by atoms with E-state index in [-0.39, 0.29) is 0 Å². The molecule has 92 valence electrons. The highest BCUT2D eigenvalue weighted by Crippen LogP contribution is 2.05. The fraction of sp³-hybridized carbons (Fsp3) is 0.727. The van der Waals surface area contributed by atoms with Gasteiger partial charge in [0.2, 0.25) is 0 Å². The summed E-state index contributed by atoms with van der Waals surface area (Å²) in [6, 6.07) is 2.34. The summed E-state index contributed by atoms with van der Waals surface area (Å²) in [6.45, 7) is 6.66. The highest BCUT2D eigenvalue weighted by Gasteiger charge is 2.03. The van der Waals surface area contributed by atoms with E-state index >= 15 is 0 Å². The van der Waals surface area contributed by atoms with Gasteiger partial charge in [-0.1, -0.05) is 19.0 Å². The van der Waals surface area contributed by atoms with Gasteiger partial charge in [-0.2, -0.15) is 0 Å². The minimum Gasteiger partial charge on any atom is -0.377 e. The van der Waals surface area contributed by atoms with E-state index in [1.54, 1.807) is 7.11 Å². The first kappa shape index (κ1) is 13.2. The number of hydrogen-bond acceptors (Lipinski definition) is 5. The van der Waals surface area contributed by atoms with Gasteiger partial charge in [-0.05, 0) is 0 Å². The Hall–Kier alpha value is -0.910. The van der Waals surface area contributed by atoms with E-state index in [0.717, 1.165) is 18.0 Å². The van der Waals surface area contributed by atoms with Crippen molar-refractivity contribution in [3.63, 3.8) is 0 Å². The number of hydrogen-bond donors (Lipinski definition) is 1. The van der Waals surface area contributed by atoms with Crippen LogP contribution in [0.3, 0.4) is 0 Å². The third kappa shape index (κ3) is 5.25. The summed E-state index contributed by atoms with van der Waals surface area (Å²) in [6.07, 6.45) is 0. The van der Waals surface area contributed by atoms with E-state index in [1.807, 2.05) is 6.07 Å². The van der Waals surface area contributed by atoms with E-state index in [0.29, 0.717) is 25.9 Å². The first-order chi connectivity index (χ1) is 7.72. The Morgan fingerprint density at radius 2 is 2.25 bits per heavy atom. The summed E-state index contributed by atoms with van der Waals surface area (Å²) in [5.41, 5.74) is 0.802. The summed E-state index contributed by atoms with van der Waals surface area (Å²) in [4.78, 5) is 0. The van der Waals surface area contributed by atoms with Crippen LogP contribution >= 0.6 is 0 Å². The third-order valence-electron chi connectivity index (χ3n) is 1.94. The van der Waals surface area contributed by atoms with Crippen LogP contribution in [0.2, 0.25) is 0 Å². The Labute approximate surface area is 96.1 Å². The molecule has 0 saturated heterocycles. The molecule has 0 fully saturated rings. The molecule has 0 aromatic carbocycles. The van der Waals surface area contributed by atoms with Crippen molar-refractivity contribution in [2.75, 3.05) is 20.3 Å². The van der Waals surface area contributed by atoms with Crippen molar-refractivity contribution >= 4 is 0 Å². The first-order valence-electron chi connectivity index (χ1n) is 5.47. The Bertz CT molecular complexity index is 287. The molecule has 1 N–H and O–H groups in total. The number of methoxy groups -OCH3 is 1. The topological polar surface area (TPSA) is 56.5 Å². The Morgan fingerprint density at radius 1 is 1.44 bits per heavy atom. The molecule has 1 heterocycles. The molecule has 0 atom stereocenters. The van der Waals surface area contributed by atoms with Crippen molar-refractivity contribution in [2.45, 2.75) is 33.1 Å². The largest absolute Gasteiger partial charge is 0.377 e. The minimum atomic E-state index is 0.446. The summed E-state index contributed by atoms with van der Waals surface area (Å²) in [7, 11) is 1.62. The average molecular weight is 228 g/mol. The Morgan fingerprint density at radius 3 is 2.94 bits per heavy atom. The summed E-state index contributed by atoms with van der Waals surface area (Å²) >= 11 is 0. The predicted octanol–water partition coefficient (Wildman–Crippen LogP) is 1.34. The van der Waals surface area contributed by atoms with Gasteiger partial charge in [0.25, 0.3) is 0 Å². The van der Waals surface area contributed by atoms with Gasteiger partial charge >= 0.3 is 0 Å². The molecule has 0 bridgehead atoms. The second-order valence-electron chi connectivity index (χ2n) is 3.88.